The number of alkyl halides is 3. The quantitative estimate of drug-likeness (QED) is 0.652. The minimum Gasteiger partial charge on any atom is -0.463 e. The van der Waals surface area contributed by atoms with Gasteiger partial charge in [-0.25, -0.2) is 4.79 Å². The maximum absolute atomic E-state index is 13.3. The SMILES string of the molecule is CCOC(=O)C1=C(C(F)(F)F)NC(=S)NC1c1cccc(C)c1. The van der Waals surface area contributed by atoms with Crippen molar-refractivity contribution < 1.29 is 22.7 Å². The number of benzene rings is 1. The van der Waals surface area contributed by atoms with Crippen molar-refractivity contribution in [3.05, 3.63) is 46.7 Å². The lowest BCUT2D eigenvalue weighted by Gasteiger charge is -2.31. The molecule has 1 aliphatic rings. The van der Waals surface area contributed by atoms with Gasteiger partial charge in [0.25, 0.3) is 0 Å². The Morgan fingerprint density at radius 2 is 2.09 bits per heavy atom. The van der Waals surface area contributed by atoms with Crippen LogP contribution in [0.2, 0.25) is 0 Å². The molecule has 1 heterocycles. The number of esters is 1. The summed E-state index contributed by atoms with van der Waals surface area (Å²) in [6, 6.07) is 5.80. The normalized spacial score (nSPS) is 18.3. The molecule has 1 aromatic carbocycles. The van der Waals surface area contributed by atoms with Crippen molar-refractivity contribution in [2.45, 2.75) is 26.1 Å². The first-order chi connectivity index (χ1) is 10.7. The summed E-state index contributed by atoms with van der Waals surface area (Å²) in [5.74, 6) is -1.03. The van der Waals surface area contributed by atoms with E-state index in [0.29, 0.717) is 5.56 Å². The molecule has 124 valence electrons. The Labute approximate surface area is 136 Å². The van der Waals surface area contributed by atoms with Crippen molar-refractivity contribution in [2.75, 3.05) is 6.61 Å². The van der Waals surface area contributed by atoms with Crippen LogP contribution < -0.4 is 10.6 Å². The topological polar surface area (TPSA) is 50.4 Å². The van der Waals surface area contributed by atoms with E-state index in [4.69, 9.17) is 17.0 Å². The number of halogens is 3. The highest BCUT2D eigenvalue weighted by atomic mass is 32.1. The number of carbonyl (C=O) groups is 1. The van der Waals surface area contributed by atoms with E-state index in [1.165, 1.54) is 6.92 Å². The zero-order chi connectivity index (χ0) is 17.2. The maximum atomic E-state index is 13.3. The van der Waals surface area contributed by atoms with Crippen molar-refractivity contribution in [2.24, 2.45) is 0 Å². The third kappa shape index (κ3) is 3.82. The summed E-state index contributed by atoms with van der Waals surface area (Å²) in [4.78, 5) is 12.1. The number of hydrogen-bond donors (Lipinski definition) is 2. The van der Waals surface area contributed by atoms with E-state index < -0.39 is 29.5 Å². The molecular formula is C15H15F3N2O2S. The molecule has 0 bridgehead atoms. The summed E-state index contributed by atoms with van der Waals surface area (Å²) in [7, 11) is 0. The van der Waals surface area contributed by atoms with Crippen LogP contribution in [0.5, 0.6) is 0 Å². The lowest BCUT2D eigenvalue weighted by Crippen LogP contribution is -2.49. The van der Waals surface area contributed by atoms with Gasteiger partial charge in [-0.3, -0.25) is 0 Å². The molecule has 0 radical (unpaired) electrons. The Morgan fingerprint density at radius 1 is 1.39 bits per heavy atom. The van der Waals surface area contributed by atoms with Crippen molar-refractivity contribution in [3.8, 4) is 0 Å². The fraction of sp³-hybridized carbons (Fsp3) is 0.333. The Bertz CT molecular complexity index is 671. The molecule has 23 heavy (non-hydrogen) atoms. The standard InChI is InChI=1S/C15H15F3N2O2S/c1-3-22-13(21)10-11(9-6-4-5-8(2)7-9)19-14(23)20-12(10)15(16,17)18/h4-7,11H,3H2,1-2H3,(H2,19,20,23). The maximum Gasteiger partial charge on any atom is 0.431 e. The average Bonchev–Trinajstić information content (AvgIpc) is 2.45. The number of allylic oxidation sites excluding steroid dienone is 1. The number of aryl methyl sites for hydroxylation is 1. The third-order valence-electron chi connectivity index (χ3n) is 3.23. The fourth-order valence-corrected chi connectivity index (χ4v) is 2.54. The summed E-state index contributed by atoms with van der Waals surface area (Å²) < 4.78 is 44.8. The first kappa shape index (κ1) is 17.3. The molecule has 2 rings (SSSR count). The Hall–Kier alpha value is -2.09. The number of ether oxygens (including phenoxy) is 1. The van der Waals surface area contributed by atoms with Gasteiger partial charge in [0.2, 0.25) is 0 Å². The van der Waals surface area contributed by atoms with Gasteiger partial charge in [0, 0.05) is 0 Å². The molecule has 8 heteroatoms. The van der Waals surface area contributed by atoms with E-state index in [1.54, 1.807) is 31.2 Å². The van der Waals surface area contributed by atoms with Gasteiger partial charge in [0.1, 0.15) is 5.70 Å². The van der Waals surface area contributed by atoms with Crippen molar-refractivity contribution >= 4 is 23.3 Å². The van der Waals surface area contributed by atoms with E-state index in [1.807, 2.05) is 5.32 Å². The monoisotopic (exact) mass is 344 g/mol. The minimum absolute atomic E-state index is 0.0293. The van der Waals surface area contributed by atoms with E-state index in [2.05, 4.69) is 5.32 Å². The van der Waals surface area contributed by atoms with Gasteiger partial charge < -0.3 is 15.4 Å². The van der Waals surface area contributed by atoms with Gasteiger partial charge in [0.05, 0.1) is 18.2 Å². The van der Waals surface area contributed by atoms with Gasteiger partial charge in [0.15, 0.2) is 5.11 Å². The van der Waals surface area contributed by atoms with Crippen LogP contribution in [0.4, 0.5) is 13.2 Å². The minimum atomic E-state index is -4.75. The lowest BCUT2D eigenvalue weighted by atomic mass is 9.94. The van der Waals surface area contributed by atoms with Crippen LogP contribution in [0.25, 0.3) is 0 Å². The molecule has 0 aliphatic carbocycles. The molecule has 0 aromatic heterocycles. The average molecular weight is 344 g/mol. The molecule has 2 N–H and O–H groups in total. The van der Waals surface area contributed by atoms with E-state index in [9.17, 15) is 18.0 Å². The summed E-state index contributed by atoms with van der Waals surface area (Å²) >= 11 is 4.86. The van der Waals surface area contributed by atoms with Crippen LogP contribution in [-0.2, 0) is 9.53 Å². The molecule has 0 amide bonds. The van der Waals surface area contributed by atoms with E-state index in [0.717, 1.165) is 5.56 Å². The van der Waals surface area contributed by atoms with Crippen LogP contribution in [0.15, 0.2) is 35.5 Å². The summed E-state index contributed by atoms with van der Waals surface area (Å²) in [5, 5.41) is 4.55. The molecule has 1 aromatic rings. The van der Waals surface area contributed by atoms with E-state index in [-0.39, 0.29) is 11.7 Å². The van der Waals surface area contributed by atoms with Gasteiger partial charge in [-0.2, -0.15) is 13.2 Å². The zero-order valence-electron chi connectivity index (χ0n) is 12.5. The van der Waals surface area contributed by atoms with Gasteiger partial charge in [-0.05, 0) is 31.6 Å². The van der Waals surface area contributed by atoms with Crippen LogP contribution >= 0.6 is 12.2 Å². The Morgan fingerprint density at radius 3 is 2.65 bits per heavy atom. The highest BCUT2D eigenvalue weighted by molar-refractivity contribution is 7.80. The molecule has 4 nitrogen and oxygen atoms in total. The van der Waals surface area contributed by atoms with Gasteiger partial charge in [-0.1, -0.05) is 29.8 Å². The zero-order valence-corrected chi connectivity index (χ0v) is 13.3. The molecule has 1 atom stereocenters. The van der Waals surface area contributed by atoms with E-state index >= 15 is 0 Å². The molecule has 0 saturated carbocycles. The predicted molar refractivity (Wildman–Crippen MR) is 82.5 cm³/mol. The second-order valence-corrected chi connectivity index (χ2v) is 5.36. The number of nitrogens with one attached hydrogen (secondary N) is 2. The second kappa shape index (κ2) is 6.57. The first-order valence-electron chi connectivity index (χ1n) is 6.86. The third-order valence-corrected chi connectivity index (χ3v) is 3.45. The first-order valence-corrected chi connectivity index (χ1v) is 7.27. The van der Waals surface area contributed by atoms with Crippen molar-refractivity contribution in [3.63, 3.8) is 0 Å². The molecular weight excluding hydrogens is 329 g/mol. The predicted octanol–water partition coefficient (Wildman–Crippen LogP) is 2.89. The summed E-state index contributed by atoms with van der Waals surface area (Å²) in [6.45, 7) is 3.31. The van der Waals surface area contributed by atoms with Gasteiger partial charge in [-0.15, -0.1) is 0 Å². The highest BCUT2D eigenvalue weighted by Crippen LogP contribution is 2.35. The number of rotatable bonds is 3. The lowest BCUT2D eigenvalue weighted by molar-refractivity contribution is -0.140. The van der Waals surface area contributed by atoms with Crippen LogP contribution in [0.3, 0.4) is 0 Å². The number of hydrogen-bond acceptors (Lipinski definition) is 3. The smallest absolute Gasteiger partial charge is 0.431 e. The molecule has 1 unspecified atom stereocenters. The van der Waals surface area contributed by atoms with Crippen LogP contribution in [-0.4, -0.2) is 23.9 Å². The second-order valence-electron chi connectivity index (χ2n) is 4.95. The van der Waals surface area contributed by atoms with Crippen molar-refractivity contribution in [1.82, 2.24) is 10.6 Å². The van der Waals surface area contributed by atoms with Crippen LogP contribution in [0, 0.1) is 6.92 Å². The largest absolute Gasteiger partial charge is 0.463 e. The van der Waals surface area contributed by atoms with Gasteiger partial charge >= 0.3 is 12.1 Å². The highest BCUT2D eigenvalue weighted by Gasteiger charge is 2.45. The number of carbonyl (C=O) groups excluding carboxylic acids is 1. The summed E-state index contributed by atoms with van der Waals surface area (Å²) in [6.07, 6.45) is -4.75. The molecule has 0 spiro atoms. The Kier molecular flexibility index (Phi) is 4.93. The fourth-order valence-electron chi connectivity index (χ4n) is 2.32. The Balaban J connectivity index is 2.62. The molecule has 0 saturated heterocycles. The van der Waals surface area contributed by atoms with Crippen LogP contribution in [0.1, 0.15) is 24.1 Å². The molecule has 1 aliphatic heterocycles. The van der Waals surface area contributed by atoms with Crippen molar-refractivity contribution in [1.29, 1.82) is 0 Å². The summed E-state index contributed by atoms with van der Waals surface area (Å²) in [5.41, 5.74) is -0.367. The number of thiocarbonyl (C=S) groups is 1. The molecule has 0 fully saturated rings.